The molecule has 3 aromatic heterocycles. The lowest BCUT2D eigenvalue weighted by Crippen LogP contribution is -2.17. The summed E-state index contributed by atoms with van der Waals surface area (Å²) in [5.41, 5.74) is 0.947. The highest BCUT2D eigenvalue weighted by atomic mass is 35.5. The molecule has 0 aliphatic heterocycles. The highest BCUT2D eigenvalue weighted by Gasteiger charge is 2.09. The van der Waals surface area contributed by atoms with Crippen molar-refractivity contribution in [3.8, 4) is 5.69 Å². The Morgan fingerprint density at radius 3 is 2.94 bits per heavy atom. The molecule has 5 nitrogen and oxygen atoms in total. The molecule has 3 rings (SSSR count). The lowest BCUT2D eigenvalue weighted by molar-refractivity contribution is 1.00. The Kier molecular flexibility index (Phi) is 2.57. The van der Waals surface area contributed by atoms with Crippen molar-refractivity contribution in [2.24, 2.45) is 0 Å². The first kappa shape index (κ1) is 11.3. The van der Waals surface area contributed by atoms with Crippen molar-refractivity contribution >= 4 is 34.1 Å². The van der Waals surface area contributed by atoms with E-state index in [-0.39, 0.29) is 10.7 Å². The van der Waals surface area contributed by atoms with E-state index >= 15 is 0 Å². The van der Waals surface area contributed by atoms with Crippen LogP contribution in [0.5, 0.6) is 0 Å². The fourth-order valence-electron chi connectivity index (χ4n) is 1.72. The average Bonchev–Trinajstić information content (AvgIpc) is 2.82. The highest BCUT2D eigenvalue weighted by Crippen LogP contribution is 2.21. The number of aromatic nitrogens is 4. The summed E-state index contributed by atoms with van der Waals surface area (Å²) in [4.78, 5) is 16.1. The molecule has 0 saturated carbocycles. The van der Waals surface area contributed by atoms with E-state index in [0.717, 1.165) is 0 Å². The molecule has 18 heavy (non-hydrogen) atoms. The summed E-state index contributed by atoms with van der Waals surface area (Å²) in [6, 6.07) is 3.28. The fraction of sp³-hybridized carbons (Fsp3) is 0. The molecule has 3 aromatic rings. The maximum Gasteiger partial charge on any atom is 0.266 e. The van der Waals surface area contributed by atoms with Gasteiger partial charge in [-0.05, 0) is 6.07 Å². The van der Waals surface area contributed by atoms with Gasteiger partial charge in [0.05, 0.1) is 27.8 Å². The van der Waals surface area contributed by atoms with Crippen LogP contribution in [-0.2, 0) is 0 Å². The average molecular weight is 281 g/mol. The number of halogens is 2. The zero-order valence-corrected chi connectivity index (χ0v) is 10.4. The van der Waals surface area contributed by atoms with Crippen molar-refractivity contribution in [1.29, 1.82) is 0 Å². The van der Waals surface area contributed by atoms with Crippen molar-refractivity contribution < 1.29 is 0 Å². The topological polar surface area (TPSA) is 63.6 Å². The molecule has 0 aliphatic carbocycles. The van der Waals surface area contributed by atoms with Crippen LogP contribution in [0.2, 0.25) is 10.2 Å². The number of H-pyrrole nitrogens is 1. The Morgan fingerprint density at radius 1 is 1.28 bits per heavy atom. The van der Waals surface area contributed by atoms with Gasteiger partial charge in [-0.25, -0.2) is 4.98 Å². The summed E-state index contributed by atoms with van der Waals surface area (Å²) in [6.45, 7) is 0. The maximum atomic E-state index is 12.2. The van der Waals surface area contributed by atoms with Crippen LogP contribution in [0.4, 0.5) is 0 Å². The molecule has 0 atom stereocenters. The molecule has 90 valence electrons. The Labute approximate surface area is 111 Å². The molecule has 3 heterocycles. The molecule has 0 saturated heterocycles. The summed E-state index contributed by atoms with van der Waals surface area (Å²) in [6.07, 6.45) is 4.50. The van der Waals surface area contributed by atoms with Gasteiger partial charge >= 0.3 is 0 Å². The van der Waals surface area contributed by atoms with Gasteiger partial charge in [0.1, 0.15) is 5.15 Å². The van der Waals surface area contributed by atoms with Crippen LogP contribution < -0.4 is 5.56 Å². The normalized spacial score (nSPS) is 11.0. The lowest BCUT2D eigenvalue weighted by atomic mass is 10.3. The first-order valence-electron chi connectivity index (χ1n) is 5.03. The largest absolute Gasteiger partial charge is 0.282 e. The molecule has 0 fully saturated rings. The second-order valence-electron chi connectivity index (χ2n) is 3.65. The quantitative estimate of drug-likeness (QED) is 0.697. The van der Waals surface area contributed by atoms with Crippen LogP contribution in [0.25, 0.3) is 16.6 Å². The third kappa shape index (κ3) is 1.68. The minimum Gasteiger partial charge on any atom is -0.282 e. The molecular weight excluding hydrogens is 275 g/mol. The van der Waals surface area contributed by atoms with Crippen LogP contribution in [0.1, 0.15) is 0 Å². The Hall–Kier alpha value is -1.85. The molecule has 0 aromatic carbocycles. The van der Waals surface area contributed by atoms with Gasteiger partial charge in [0, 0.05) is 18.5 Å². The second kappa shape index (κ2) is 4.12. The monoisotopic (exact) mass is 280 g/mol. The van der Waals surface area contributed by atoms with Gasteiger partial charge in [0.25, 0.3) is 5.56 Å². The zero-order valence-electron chi connectivity index (χ0n) is 8.89. The van der Waals surface area contributed by atoms with Gasteiger partial charge in [-0.15, -0.1) is 0 Å². The van der Waals surface area contributed by atoms with Crippen molar-refractivity contribution in [2.45, 2.75) is 0 Å². The Morgan fingerprint density at radius 2 is 2.11 bits per heavy atom. The number of nitrogens with zero attached hydrogens (tertiary/aromatic N) is 3. The first-order valence-corrected chi connectivity index (χ1v) is 5.78. The molecule has 0 aliphatic rings. The molecule has 1 N–H and O–H groups in total. The van der Waals surface area contributed by atoms with Crippen LogP contribution in [0, 0.1) is 0 Å². The van der Waals surface area contributed by atoms with Crippen LogP contribution in [-0.4, -0.2) is 19.7 Å². The number of nitrogens with one attached hydrogen (secondary N) is 1. The molecular formula is C11H6Cl2N4O. The Balaban J connectivity index is 2.34. The lowest BCUT2D eigenvalue weighted by Gasteiger charge is -2.07. The number of rotatable bonds is 1. The van der Waals surface area contributed by atoms with E-state index < -0.39 is 0 Å². The third-order valence-electron chi connectivity index (χ3n) is 2.57. The van der Waals surface area contributed by atoms with Crippen molar-refractivity contribution in [2.75, 3.05) is 0 Å². The van der Waals surface area contributed by atoms with Gasteiger partial charge in [-0.1, -0.05) is 23.2 Å². The number of fused-ring (bicyclic) bond motifs is 1. The van der Waals surface area contributed by atoms with E-state index in [1.165, 1.54) is 23.0 Å². The van der Waals surface area contributed by atoms with E-state index in [2.05, 4.69) is 15.2 Å². The molecule has 0 unspecified atom stereocenters. The first-order chi connectivity index (χ1) is 8.66. The highest BCUT2D eigenvalue weighted by molar-refractivity contribution is 6.33. The van der Waals surface area contributed by atoms with E-state index in [9.17, 15) is 4.79 Å². The fourth-order valence-corrected chi connectivity index (χ4v) is 2.06. The number of hydrogen-bond donors (Lipinski definition) is 1. The number of aromatic amines is 1. The van der Waals surface area contributed by atoms with Gasteiger partial charge in [0.15, 0.2) is 0 Å². The summed E-state index contributed by atoms with van der Waals surface area (Å²) < 4.78 is 1.41. The molecule has 0 spiro atoms. The zero-order chi connectivity index (χ0) is 12.7. The number of hydrogen-bond acceptors (Lipinski definition) is 3. The predicted molar refractivity (Wildman–Crippen MR) is 69.5 cm³/mol. The van der Waals surface area contributed by atoms with E-state index in [4.69, 9.17) is 23.2 Å². The predicted octanol–water partition coefficient (Wildman–Crippen LogP) is 2.42. The minimum absolute atomic E-state index is 0.217. The third-order valence-corrected chi connectivity index (χ3v) is 3.07. The van der Waals surface area contributed by atoms with Gasteiger partial charge in [0.2, 0.25) is 0 Å². The maximum absolute atomic E-state index is 12.2. The van der Waals surface area contributed by atoms with Gasteiger partial charge in [-0.2, -0.15) is 5.10 Å². The van der Waals surface area contributed by atoms with Gasteiger partial charge < -0.3 is 0 Å². The van der Waals surface area contributed by atoms with Crippen molar-refractivity contribution in [1.82, 2.24) is 19.7 Å². The molecule has 0 radical (unpaired) electrons. The summed E-state index contributed by atoms with van der Waals surface area (Å²) in [5, 5.41) is 7.67. The van der Waals surface area contributed by atoms with Crippen LogP contribution in [0.15, 0.2) is 35.5 Å². The van der Waals surface area contributed by atoms with Crippen molar-refractivity contribution in [3.05, 3.63) is 51.3 Å². The molecule has 7 heteroatoms. The summed E-state index contributed by atoms with van der Waals surface area (Å²) >= 11 is 11.8. The smallest absolute Gasteiger partial charge is 0.266 e. The summed E-state index contributed by atoms with van der Waals surface area (Å²) in [7, 11) is 0. The van der Waals surface area contributed by atoms with E-state index in [1.807, 2.05) is 0 Å². The molecule has 0 amide bonds. The SMILES string of the molecule is O=c1c2cn[nH]c2ccn1-c1cc(Cl)ncc1Cl. The van der Waals surface area contributed by atoms with Crippen LogP contribution >= 0.6 is 23.2 Å². The van der Waals surface area contributed by atoms with E-state index in [1.54, 1.807) is 12.3 Å². The van der Waals surface area contributed by atoms with Crippen molar-refractivity contribution in [3.63, 3.8) is 0 Å². The Bertz CT molecular complexity index is 793. The standard InChI is InChI=1S/C11H6Cl2N4O/c12-7-5-14-10(13)3-9(7)17-2-1-8-6(11(17)18)4-15-16-8/h1-5H,(H,15,16). The van der Waals surface area contributed by atoms with Gasteiger partial charge in [-0.3, -0.25) is 14.5 Å². The summed E-state index contributed by atoms with van der Waals surface area (Å²) in [5.74, 6) is 0. The molecule has 0 bridgehead atoms. The second-order valence-corrected chi connectivity index (χ2v) is 4.44. The number of pyridine rings is 2. The van der Waals surface area contributed by atoms with E-state index in [0.29, 0.717) is 21.6 Å². The van der Waals surface area contributed by atoms with Crippen LogP contribution in [0.3, 0.4) is 0 Å². The minimum atomic E-state index is -0.217.